The molecule has 1 aromatic rings. The summed E-state index contributed by atoms with van der Waals surface area (Å²) in [6, 6.07) is 7.44. The number of nitrogens with one attached hydrogen (secondary N) is 1. The largest absolute Gasteiger partial charge is 0.493 e. The first kappa shape index (κ1) is 15.1. The Balaban J connectivity index is 1.81. The van der Waals surface area contributed by atoms with E-state index in [1.165, 1.54) is 18.4 Å². The Morgan fingerprint density at radius 2 is 1.95 bits per heavy atom. The van der Waals surface area contributed by atoms with Crippen LogP contribution in [0, 0.1) is 0 Å². The lowest BCUT2D eigenvalue weighted by molar-refractivity contribution is 0.241. The molecule has 4 nitrogen and oxygen atoms in total. The van der Waals surface area contributed by atoms with Gasteiger partial charge in [-0.3, -0.25) is 4.90 Å². The van der Waals surface area contributed by atoms with Crippen LogP contribution < -0.4 is 14.8 Å². The van der Waals surface area contributed by atoms with Gasteiger partial charge >= 0.3 is 0 Å². The van der Waals surface area contributed by atoms with Gasteiger partial charge in [0.25, 0.3) is 0 Å². The van der Waals surface area contributed by atoms with E-state index in [-0.39, 0.29) is 0 Å². The third-order valence-electron chi connectivity index (χ3n) is 4.03. The molecule has 0 bridgehead atoms. The van der Waals surface area contributed by atoms with Crippen LogP contribution in [0.25, 0.3) is 0 Å². The van der Waals surface area contributed by atoms with Gasteiger partial charge in [0.15, 0.2) is 11.5 Å². The first-order chi connectivity index (χ1) is 9.65. The summed E-state index contributed by atoms with van der Waals surface area (Å²) >= 11 is 0. The summed E-state index contributed by atoms with van der Waals surface area (Å²) in [5.74, 6) is 1.56. The number of likely N-dealkylation sites (N-methyl/N-ethyl adjacent to an activating group) is 1. The fourth-order valence-corrected chi connectivity index (χ4v) is 2.40. The molecule has 0 aromatic heterocycles. The molecule has 0 saturated heterocycles. The molecule has 4 heteroatoms. The van der Waals surface area contributed by atoms with E-state index in [4.69, 9.17) is 9.47 Å². The number of nitrogens with zero attached hydrogens (tertiary/aromatic N) is 1. The SMILES string of the molecule is COc1ccc(CNCC(C)N(C)C2CC2)cc1OC. The van der Waals surface area contributed by atoms with Crippen LogP contribution >= 0.6 is 0 Å². The van der Waals surface area contributed by atoms with Gasteiger partial charge in [0.2, 0.25) is 0 Å². The summed E-state index contributed by atoms with van der Waals surface area (Å²) in [6.45, 7) is 4.13. The Morgan fingerprint density at radius 3 is 2.55 bits per heavy atom. The number of hydrogen-bond acceptors (Lipinski definition) is 4. The maximum atomic E-state index is 5.32. The molecule has 1 aromatic carbocycles. The van der Waals surface area contributed by atoms with E-state index in [2.05, 4.69) is 30.3 Å². The number of ether oxygens (including phenoxy) is 2. The molecule has 1 saturated carbocycles. The predicted molar refractivity (Wildman–Crippen MR) is 81.5 cm³/mol. The Bertz CT molecular complexity index is 432. The molecule has 1 fully saturated rings. The van der Waals surface area contributed by atoms with E-state index in [1.54, 1.807) is 14.2 Å². The van der Waals surface area contributed by atoms with Crippen LogP contribution in [0.2, 0.25) is 0 Å². The summed E-state index contributed by atoms with van der Waals surface area (Å²) in [5.41, 5.74) is 1.21. The van der Waals surface area contributed by atoms with Crippen LogP contribution in [-0.4, -0.2) is 44.8 Å². The van der Waals surface area contributed by atoms with E-state index in [0.717, 1.165) is 30.6 Å². The predicted octanol–water partition coefficient (Wildman–Crippen LogP) is 2.28. The lowest BCUT2D eigenvalue weighted by Crippen LogP contribution is -2.38. The van der Waals surface area contributed by atoms with Gasteiger partial charge in [-0.25, -0.2) is 0 Å². The van der Waals surface area contributed by atoms with Crippen molar-refractivity contribution < 1.29 is 9.47 Å². The lowest BCUT2D eigenvalue weighted by Gasteiger charge is -2.24. The van der Waals surface area contributed by atoms with Gasteiger partial charge in [-0.2, -0.15) is 0 Å². The lowest BCUT2D eigenvalue weighted by atomic mass is 10.2. The zero-order valence-electron chi connectivity index (χ0n) is 13.0. The monoisotopic (exact) mass is 278 g/mol. The van der Waals surface area contributed by atoms with Crippen LogP contribution in [0.3, 0.4) is 0 Å². The van der Waals surface area contributed by atoms with Gasteiger partial charge in [0.1, 0.15) is 0 Å². The zero-order chi connectivity index (χ0) is 14.5. The van der Waals surface area contributed by atoms with Crippen LogP contribution in [0.4, 0.5) is 0 Å². The Kier molecular flexibility index (Phi) is 5.26. The second-order valence-electron chi connectivity index (χ2n) is 5.57. The molecule has 2 rings (SSSR count). The minimum absolute atomic E-state index is 0.572. The van der Waals surface area contributed by atoms with Crippen LogP contribution in [0.5, 0.6) is 11.5 Å². The molecular formula is C16H26N2O2. The van der Waals surface area contributed by atoms with Gasteiger partial charge in [-0.05, 0) is 44.5 Å². The smallest absolute Gasteiger partial charge is 0.161 e. The molecule has 112 valence electrons. The van der Waals surface area contributed by atoms with Crippen molar-refractivity contribution in [2.75, 3.05) is 27.8 Å². The second-order valence-corrected chi connectivity index (χ2v) is 5.57. The number of hydrogen-bond donors (Lipinski definition) is 1. The third-order valence-corrected chi connectivity index (χ3v) is 4.03. The van der Waals surface area contributed by atoms with Gasteiger partial charge < -0.3 is 14.8 Å². The van der Waals surface area contributed by atoms with E-state index in [0.29, 0.717) is 6.04 Å². The molecule has 0 amide bonds. The topological polar surface area (TPSA) is 33.7 Å². The summed E-state index contributed by atoms with van der Waals surface area (Å²) in [4.78, 5) is 2.47. The minimum atomic E-state index is 0.572. The molecule has 0 radical (unpaired) electrons. The standard InChI is InChI=1S/C16H26N2O2/c1-12(18(2)14-6-7-14)10-17-11-13-5-8-15(19-3)16(9-13)20-4/h5,8-9,12,14,17H,6-7,10-11H2,1-4H3. The van der Waals surface area contributed by atoms with Crippen molar-refractivity contribution in [2.24, 2.45) is 0 Å². The van der Waals surface area contributed by atoms with Crippen LogP contribution in [0.1, 0.15) is 25.3 Å². The average Bonchev–Trinajstić information content (AvgIpc) is 3.30. The highest BCUT2D eigenvalue weighted by atomic mass is 16.5. The van der Waals surface area contributed by atoms with Crippen LogP contribution in [-0.2, 0) is 6.54 Å². The number of rotatable bonds is 8. The fourth-order valence-electron chi connectivity index (χ4n) is 2.40. The quantitative estimate of drug-likeness (QED) is 0.791. The maximum Gasteiger partial charge on any atom is 0.161 e. The van der Waals surface area contributed by atoms with E-state index in [9.17, 15) is 0 Å². The first-order valence-electron chi connectivity index (χ1n) is 7.29. The number of methoxy groups -OCH3 is 2. The summed E-state index contributed by atoms with van der Waals surface area (Å²) < 4.78 is 10.6. The average molecular weight is 278 g/mol. The Morgan fingerprint density at radius 1 is 1.25 bits per heavy atom. The molecule has 0 aliphatic heterocycles. The molecule has 0 heterocycles. The van der Waals surface area contributed by atoms with Crippen molar-refractivity contribution >= 4 is 0 Å². The zero-order valence-corrected chi connectivity index (χ0v) is 13.0. The van der Waals surface area contributed by atoms with Crippen molar-refractivity contribution in [2.45, 2.75) is 38.4 Å². The maximum absolute atomic E-state index is 5.32. The first-order valence-corrected chi connectivity index (χ1v) is 7.29. The Hall–Kier alpha value is -1.26. The molecule has 0 spiro atoms. The van der Waals surface area contributed by atoms with Crippen molar-refractivity contribution in [1.82, 2.24) is 10.2 Å². The number of benzene rings is 1. The highest BCUT2D eigenvalue weighted by Gasteiger charge is 2.28. The van der Waals surface area contributed by atoms with E-state index in [1.807, 2.05) is 12.1 Å². The van der Waals surface area contributed by atoms with Crippen molar-refractivity contribution in [3.63, 3.8) is 0 Å². The fraction of sp³-hybridized carbons (Fsp3) is 0.625. The highest BCUT2D eigenvalue weighted by Crippen LogP contribution is 2.28. The molecule has 1 N–H and O–H groups in total. The van der Waals surface area contributed by atoms with Crippen molar-refractivity contribution in [3.8, 4) is 11.5 Å². The van der Waals surface area contributed by atoms with Gasteiger partial charge in [-0.1, -0.05) is 6.07 Å². The van der Waals surface area contributed by atoms with Gasteiger partial charge in [0, 0.05) is 25.2 Å². The summed E-state index contributed by atoms with van der Waals surface area (Å²) in [7, 11) is 5.55. The van der Waals surface area contributed by atoms with Crippen LogP contribution in [0.15, 0.2) is 18.2 Å². The van der Waals surface area contributed by atoms with Gasteiger partial charge in [-0.15, -0.1) is 0 Å². The van der Waals surface area contributed by atoms with E-state index >= 15 is 0 Å². The third kappa shape index (κ3) is 3.87. The van der Waals surface area contributed by atoms with Crippen molar-refractivity contribution in [3.05, 3.63) is 23.8 Å². The highest BCUT2D eigenvalue weighted by molar-refractivity contribution is 5.42. The molecule has 1 atom stereocenters. The molecule has 1 unspecified atom stereocenters. The van der Waals surface area contributed by atoms with Gasteiger partial charge in [0.05, 0.1) is 14.2 Å². The summed E-state index contributed by atoms with van der Waals surface area (Å²) in [5, 5.41) is 3.52. The molecule has 20 heavy (non-hydrogen) atoms. The molecule has 1 aliphatic carbocycles. The molecular weight excluding hydrogens is 252 g/mol. The summed E-state index contributed by atoms with van der Waals surface area (Å²) in [6.07, 6.45) is 2.72. The minimum Gasteiger partial charge on any atom is -0.493 e. The molecule has 1 aliphatic rings. The second kappa shape index (κ2) is 6.95. The normalized spacial score (nSPS) is 16.2. The van der Waals surface area contributed by atoms with E-state index < -0.39 is 0 Å². The van der Waals surface area contributed by atoms with Crippen molar-refractivity contribution in [1.29, 1.82) is 0 Å². The Labute approximate surface area is 122 Å².